The molecule has 0 bridgehead atoms. The molecule has 0 spiro atoms. The van der Waals surface area contributed by atoms with E-state index < -0.39 is 0 Å². The molecule has 0 saturated carbocycles. The van der Waals surface area contributed by atoms with Gasteiger partial charge in [-0.1, -0.05) is 0 Å². The van der Waals surface area contributed by atoms with Crippen LogP contribution in [0.25, 0.3) is 0 Å². The molecule has 7 heteroatoms. The molecule has 3 rings (SSSR count). The second kappa shape index (κ2) is 7.57. The molecule has 0 aromatic heterocycles. The summed E-state index contributed by atoms with van der Waals surface area (Å²) in [5, 5.41) is 4.08. The molecule has 3 aliphatic rings. The van der Waals surface area contributed by atoms with Crippen LogP contribution in [0.15, 0.2) is 0 Å². The Hall–Kier alpha value is -0.920. The molecule has 3 heterocycles. The predicted octanol–water partition coefficient (Wildman–Crippen LogP) is 0.363. The SMILES string of the molecule is O=C([C@H]1CCCO1)N1CCN(C(=S)NC[C@@H]2CCCO2)CC1. The predicted molar refractivity (Wildman–Crippen MR) is 86.7 cm³/mol. The number of carbonyl (C=O) groups is 1. The topological polar surface area (TPSA) is 54.0 Å². The molecule has 3 saturated heterocycles. The zero-order valence-electron chi connectivity index (χ0n) is 13.0. The number of amides is 1. The molecule has 6 nitrogen and oxygen atoms in total. The highest BCUT2D eigenvalue weighted by Crippen LogP contribution is 2.16. The van der Waals surface area contributed by atoms with Gasteiger partial charge in [-0.3, -0.25) is 4.79 Å². The fourth-order valence-electron chi connectivity index (χ4n) is 3.22. The first-order valence-electron chi connectivity index (χ1n) is 8.29. The van der Waals surface area contributed by atoms with E-state index >= 15 is 0 Å². The molecule has 0 aromatic rings. The van der Waals surface area contributed by atoms with Crippen molar-refractivity contribution < 1.29 is 14.3 Å². The molecule has 3 fully saturated rings. The lowest BCUT2D eigenvalue weighted by Crippen LogP contribution is -2.55. The normalized spacial score (nSPS) is 28.9. The number of rotatable bonds is 3. The maximum atomic E-state index is 12.3. The van der Waals surface area contributed by atoms with Gasteiger partial charge >= 0.3 is 0 Å². The molecule has 1 amide bonds. The van der Waals surface area contributed by atoms with Crippen LogP contribution in [0.2, 0.25) is 0 Å². The van der Waals surface area contributed by atoms with Crippen LogP contribution in [-0.2, 0) is 14.3 Å². The summed E-state index contributed by atoms with van der Waals surface area (Å²) in [7, 11) is 0. The molecule has 1 N–H and O–H groups in total. The average Bonchev–Trinajstić information content (AvgIpc) is 3.25. The van der Waals surface area contributed by atoms with Crippen LogP contribution < -0.4 is 5.32 Å². The van der Waals surface area contributed by atoms with Crippen LogP contribution in [0.1, 0.15) is 25.7 Å². The standard InChI is InChI=1S/C15H25N3O3S/c19-14(13-4-2-10-21-13)17-5-7-18(8-6-17)15(22)16-11-12-3-1-9-20-12/h12-13H,1-11H2,(H,16,22)/t12-,13+/m0/s1. The summed E-state index contributed by atoms with van der Waals surface area (Å²) in [5.74, 6) is 0.149. The molecule has 0 radical (unpaired) electrons. The van der Waals surface area contributed by atoms with E-state index in [1.54, 1.807) is 0 Å². The van der Waals surface area contributed by atoms with E-state index in [2.05, 4.69) is 10.2 Å². The number of thiocarbonyl (C=S) groups is 1. The lowest BCUT2D eigenvalue weighted by molar-refractivity contribution is -0.142. The van der Waals surface area contributed by atoms with Gasteiger partial charge in [-0.15, -0.1) is 0 Å². The first-order chi connectivity index (χ1) is 10.7. The number of hydrogen-bond acceptors (Lipinski definition) is 4. The Morgan fingerprint density at radius 3 is 2.36 bits per heavy atom. The molecular weight excluding hydrogens is 302 g/mol. The van der Waals surface area contributed by atoms with Crippen LogP contribution in [0, 0.1) is 0 Å². The number of carbonyl (C=O) groups excluding carboxylic acids is 1. The molecule has 0 unspecified atom stereocenters. The smallest absolute Gasteiger partial charge is 0.251 e. The van der Waals surface area contributed by atoms with Crippen LogP contribution in [0.3, 0.4) is 0 Å². The van der Waals surface area contributed by atoms with Crippen molar-refractivity contribution in [1.82, 2.24) is 15.1 Å². The highest BCUT2D eigenvalue weighted by atomic mass is 32.1. The van der Waals surface area contributed by atoms with Crippen LogP contribution in [-0.4, -0.2) is 79.0 Å². The van der Waals surface area contributed by atoms with E-state index in [-0.39, 0.29) is 12.0 Å². The van der Waals surface area contributed by atoms with E-state index in [0.717, 1.165) is 70.1 Å². The summed E-state index contributed by atoms with van der Waals surface area (Å²) in [6.07, 6.45) is 4.19. The third-order valence-corrected chi connectivity index (χ3v) is 4.99. The number of piperazine rings is 1. The van der Waals surface area contributed by atoms with Gasteiger partial charge in [-0.05, 0) is 37.9 Å². The van der Waals surface area contributed by atoms with E-state index in [4.69, 9.17) is 21.7 Å². The molecule has 0 aliphatic carbocycles. The van der Waals surface area contributed by atoms with Gasteiger partial charge in [0.05, 0.1) is 6.10 Å². The van der Waals surface area contributed by atoms with Crippen LogP contribution in [0.4, 0.5) is 0 Å². The summed E-state index contributed by atoms with van der Waals surface area (Å²) in [4.78, 5) is 16.3. The van der Waals surface area contributed by atoms with Crippen molar-refractivity contribution in [2.24, 2.45) is 0 Å². The average molecular weight is 327 g/mol. The summed E-state index contributed by atoms with van der Waals surface area (Å²) < 4.78 is 11.1. The first-order valence-corrected chi connectivity index (χ1v) is 8.69. The Labute approximate surface area is 137 Å². The van der Waals surface area contributed by atoms with Gasteiger partial charge in [0.25, 0.3) is 5.91 Å². The van der Waals surface area contributed by atoms with Crippen molar-refractivity contribution in [2.75, 3.05) is 45.9 Å². The zero-order valence-corrected chi connectivity index (χ0v) is 13.8. The molecular formula is C15H25N3O3S. The number of ether oxygens (including phenoxy) is 2. The molecule has 2 atom stereocenters. The maximum Gasteiger partial charge on any atom is 0.251 e. The summed E-state index contributed by atoms with van der Waals surface area (Å²) in [6.45, 7) is 5.39. The highest BCUT2D eigenvalue weighted by molar-refractivity contribution is 7.80. The van der Waals surface area contributed by atoms with Gasteiger partial charge in [-0.2, -0.15) is 0 Å². The minimum atomic E-state index is -0.212. The van der Waals surface area contributed by atoms with Crippen molar-refractivity contribution in [3.8, 4) is 0 Å². The lowest BCUT2D eigenvalue weighted by Gasteiger charge is -2.37. The van der Waals surface area contributed by atoms with Gasteiger partial charge in [0, 0.05) is 45.9 Å². The van der Waals surface area contributed by atoms with Gasteiger partial charge in [-0.25, -0.2) is 0 Å². The van der Waals surface area contributed by atoms with Gasteiger partial charge in [0.15, 0.2) is 5.11 Å². The van der Waals surface area contributed by atoms with Crippen LogP contribution in [0.5, 0.6) is 0 Å². The van der Waals surface area contributed by atoms with E-state index in [0.29, 0.717) is 12.7 Å². The summed E-state index contributed by atoms with van der Waals surface area (Å²) in [6, 6.07) is 0. The van der Waals surface area contributed by atoms with E-state index in [9.17, 15) is 4.79 Å². The highest BCUT2D eigenvalue weighted by Gasteiger charge is 2.30. The number of hydrogen-bond donors (Lipinski definition) is 1. The molecule has 22 heavy (non-hydrogen) atoms. The van der Waals surface area contributed by atoms with Crippen molar-refractivity contribution in [1.29, 1.82) is 0 Å². The van der Waals surface area contributed by atoms with Crippen molar-refractivity contribution >= 4 is 23.2 Å². The van der Waals surface area contributed by atoms with Crippen molar-refractivity contribution in [3.05, 3.63) is 0 Å². The van der Waals surface area contributed by atoms with Gasteiger partial charge in [0.1, 0.15) is 6.10 Å². The van der Waals surface area contributed by atoms with E-state index in [1.165, 1.54) is 0 Å². The Morgan fingerprint density at radius 1 is 1.05 bits per heavy atom. The van der Waals surface area contributed by atoms with Gasteiger partial charge < -0.3 is 24.6 Å². The first kappa shape index (κ1) is 16.0. The minimum absolute atomic E-state index is 0.149. The minimum Gasteiger partial charge on any atom is -0.376 e. The number of nitrogens with one attached hydrogen (secondary N) is 1. The Balaban J connectivity index is 1.38. The molecule has 124 valence electrons. The van der Waals surface area contributed by atoms with Gasteiger partial charge in [0.2, 0.25) is 0 Å². The monoisotopic (exact) mass is 327 g/mol. The third kappa shape index (κ3) is 3.88. The maximum absolute atomic E-state index is 12.3. The molecule has 0 aromatic carbocycles. The fourth-order valence-corrected chi connectivity index (χ4v) is 3.49. The Kier molecular flexibility index (Phi) is 5.49. The fraction of sp³-hybridized carbons (Fsp3) is 0.867. The number of nitrogens with zero attached hydrogens (tertiary/aromatic N) is 2. The van der Waals surface area contributed by atoms with Crippen LogP contribution >= 0.6 is 12.2 Å². The van der Waals surface area contributed by atoms with Crippen molar-refractivity contribution in [3.63, 3.8) is 0 Å². The lowest BCUT2D eigenvalue weighted by atomic mass is 10.2. The molecule has 3 aliphatic heterocycles. The summed E-state index contributed by atoms with van der Waals surface area (Å²) in [5.41, 5.74) is 0. The Bertz CT molecular complexity index is 401. The summed E-state index contributed by atoms with van der Waals surface area (Å²) >= 11 is 5.45. The third-order valence-electron chi connectivity index (χ3n) is 4.59. The van der Waals surface area contributed by atoms with E-state index in [1.807, 2.05) is 4.90 Å². The second-order valence-corrected chi connectivity index (χ2v) is 6.52. The zero-order chi connectivity index (χ0) is 15.4. The largest absolute Gasteiger partial charge is 0.376 e. The second-order valence-electron chi connectivity index (χ2n) is 6.14. The van der Waals surface area contributed by atoms with Crippen molar-refractivity contribution in [2.45, 2.75) is 37.9 Å². The Morgan fingerprint density at radius 2 is 1.73 bits per heavy atom. The quantitative estimate of drug-likeness (QED) is 0.756.